The first-order chi connectivity index (χ1) is 16.3. The Morgan fingerprint density at radius 3 is 2.11 bits per heavy atom. The second kappa shape index (κ2) is 12.5. The first-order valence-corrected chi connectivity index (χ1v) is 13.2. The molecular formula is C26H38N2O6S. The Balaban J connectivity index is 2.31. The van der Waals surface area contributed by atoms with Crippen molar-refractivity contribution < 1.29 is 28.2 Å². The molecule has 0 aromatic heterocycles. The maximum atomic E-state index is 13.4. The summed E-state index contributed by atoms with van der Waals surface area (Å²) in [6.45, 7) is 8.80. The largest absolute Gasteiger partial charge is 0.444 e. The highest BCUT2D eigenvalue weighted by atomic mass is 32.2. The van der Waals surface area contributed by atoms with E-state index in [2.05, 4.69) is 5.32 Å². The lowest BCUT2D eigenvalue weighted by molar-refractivity contribution is 0.0400. The molecule has 8 nitrogen and oxygen atoms in total. The number of hydrogen-bond donors (Lipinski definition) is 3. The summed E-state index contributed by atoms with van der Waals surface area (Å²) in [7, 11) is -3.93. The van der Waals surface area contributed by atoms with Crippen molar-refractivity contribution in [2.24, 2.45) is 5.92 Å². The zero-order chi connectivity index (χ0) is 26.2. The van der Waals surface area contributed by atoms with Gasteiger partial charge < -0.3 is 20.3 Å². The van der Waals surface area contributed by atoms with Crippen LogP contribution in [0.4, 0.5) is 4.79 Å². The third-order valence-electron chi connectivity index (χ3n) is 5.17. The Morgan fingerprint density at radius 1 is 1.00 bits per heavy atom. The summed E-state index contributed by atoms with van der Waals surface area (Å²) in [5.41, 5.74) is 0.759. The lowest BCUT2D eigenvalue weighted by Crippen LogP contribution is -2.51. The van der Waals surface area contributed by atoms with Crippen molar-refractivity contribution in [1.29, 1.82) is 0 Å². The highest BCUT2D eigenvalue weighted by Gasteiger charge is 2.32. The maximum absolute atomic E-state index is 13.4. The van der Waals surface area contributed by atoms with E-state index in [0.717, 1.165) is 5.56 Å². The Morgan fingerprint density at radius 2 is 1.60 bits per heavy atom. The molecule has 2 aromatic carbocycles. The van der Waals surface area contributed by atoms with Crippen LogP contribution in [0.5, 0.6) is 0 Å². The third kappa shape index (κ3) is 9.25. The molecule has 0 saturated heterocycles. The number of carbonyl (C=O) groups is 1. The van der Waals surface area contributed by atoms with Crippen LogP contribution >= 0.6 is 0 Å². The highest BCUT2D eigenvalue weighted by molar-refractivity contribution is 7.89. The molecule has 2 atom stereocenters. The van der Waals surface area contributed by atoms with E-state index in [4.69, 9.17) is 4.74 Å². The second-order valence-electron chi connectivity index (χ2n) is 10.0. The molecular weight excluding hydrogens is 468 g/mol. The van der Waals surface area contributed by atoms with Gasteiger partial charge in [-0.15, -0.1) is 0 Å². The lowest BCUT2D eigenvalue weighted by atomic mass is 10.0. The van der Waals surface area contributed by atoms with Crippen LogP contribution in [-0.4, -0.2) is 59.9 Å². The minimum Gasteiger partial charge on any atom is -0.444 e. The predicted octanol–water partition coefficient (Wildman–Crippen LogP) is 3.32. The quantitative estimate of drug-likeness (QED) is 0.431. The smallest absolute Gasteiger partial charge is 0.407 e. The van der Waals surface area contributed by atoms with E-state index in [-0.39, 0.29) is 30.5 Å². The number of ether oxygens (including phenoxy) is 1. The molecule has 0 unspecified atom stereocenters. The number of aliphatic hydroxyl groups is 2. The fourth-order valence-electron chi connectivity index (χ4n) is 3.54. The second-order valence-corrected chi connectivity index (χ2v) is 12.0. The Labute approximate surface area is 209 Å². The van der Waals surface area contributed by atoms with E-state index >= 15 is 0 Å². The molecule has 0 spiro atoms. The van der Waals surface area contributed by atoms with Crippen molar-refractivity contribution in [2.45, 2.75) is 70.3 Å². The van der Waals surface area contributed by atoms with Crippen LogP contribution in [0.3, 0.4) is 0 Å². The molecule has 0 aliphatic heterocycles. The van der Waals surface area contributed by atoms with Gasteiger partial charge in [-0.1, -0.05) is 56.3 Å². The van der Waals surface area contributed by atoms with Gasteiger partial charge in [-0.25, -0.2) is 13.2 Å². The molecule has 0 aliphatic carbocycles. The number of nitrogens with one attached hydrogen (secondary N) is 1. The predicted molar refractivity (Wildman–Crippen MR) is 135 cm³/mol. The summed E-state index contributed by atoms with van der Waals surface area (Å²) in [5, 5.41) is 23.2. The van der Waals surface area contributed by atoms with Crippen LogP contribution < -0.4 is 5.32 Å². The van der Waals surface area contributed by atoms with Crippen molar-refractivity contribution in [3.63, 3.8) is 0 Å². The number of sulfonamides is 1. The summed E-state index contributed by atoms with van der Waals surface area (Å²) in [6, 6.07) is 14.6. The van der Waals surface area contributed by atoms with E-state index < -0.39 is 33.9 Å². The molecule has 2 aromatic rings. The fourth-order valence-corrected chi connectivity index (χ4v) is 5.16. The Bertz CT molecular complexity index is 1030. The van der Waals surface area contributed by atoms with Crippen molar-refractivity contribution in [3.8, 4) is 0 Å². The molecule has 0 bridgehead atoms. The molecule has 194 valence electrons. The third-order valence-corrected chi connectivity index (χ3v) is 7.01. The molecule has 3 N–H and O–H groups in total. The van der Waals surface area contributed by atoms with Gasteiger partial charge in [0, 0.05) is 13.1 Å². The summed E-state index contributed by atoms with van der Waals surface area (Å²) in [4.78, 5) is 12.6. The van der Waals surface area contributed by atoms with E-state index in [1.165, 1.54) is 16.4 Å². The number of rotatable bonds is 11. The summed E-state index contributed by atoms with van der Waals surface area (Å²) in [6.07, 6.45) is -1.59. The van der Waals surface area contributed by atoms with E-state index in [9.17, 15) is 23.4 Å². The minimum absolute atomic E-state index is 0.0000726. The van der Waals surface area contributed by atoms with Crippen molar-refractivity contribution >= 4 is 16.1 Å². The number of carbonyl (C=O) groups excluding carboxylic acids is 1. The molecule has 0 radical (unpaired) electrons. The molecule has 0 saturated carbocycles. The van der Waals surface area contributed by atoms with Gasteiger partial charge in [0.05, 0.1) is 23.6 Å². The first kappa shape index (κ1) is 28.8. The van der Waals surface area contributed by atoms with Crippen LogP contribution in [0.2, 0.25) is 0 Å². The Kier molecular flexibility index (Phi) is 10.3. The van der Waals surface area contributed by atoms with Gasteiger partial charge in [-0.2, -0.15) is 4.31 Å². The topological polar surface area (TPSA) is 116 Å². The number of benzene rings is 2. The number of hydrogen-bond acceptors (Lipinski definition) is 6. The van der Waals surface area contributed by atoms with E-state index in [1.807, 2.05) is 44.2 Å². The number of nitrogens with zero attached hydrogens (tertiary/aromatic N) is 1. The summed E-state index contributed by atoms with van der Waals surface area (Å²) in [5.74, 6) is 0.0000726. The van der Waals surface area contributed by atoms with Crippen LogP contribution in [0.1, 0.15) is 45.7 Å². The van der Waals surface area contributed by atoms with Gasteiger partial charge in [0.2, 0.25) is 10.0 Å². The van der Waals surface area contributed by atoms with E-state index in [1.54, 1.807) is 32.9 Å². The molecule has 1 amide bonds. The number of alkyl carbamates (subject to hydrolysis) is 1. The highest BCUT2D eigenvalue weighted by Crippen LogP contribution is 2.20. The van der Waals surface area contributed by atoms with Crippen LogP contribution in [0.15, 0.2) is 59.5 Å². The van der Waals surface area contributed by atoms with Crippen molar-refractivity contribution in [3.05, 3.63) is 65.7 Å². The number of amides is 1. The van der Waals surface area contributed by atoms with E-state index in [0.29, 0.717) is 12.0 Å². The lowest BCUT2D eigenvalue weighted by Gasteiger charge is -2.31. The standard InChI is InChI=1S/C26H38N2O6S/c1-19(2)16-28(35(32,33)22-13-11-21(18-29)12-14-22)17-24(30)23(15-20-9-7-6-8-10-20)27-25(31)34-26(3,4)5/h6-14,19,23-24,29-30H,15-18H2,1-5H3,(H,27,31)/t23-,24+/m0/s1. The monoisotopic (exact) mass is 506 g/mol. The maximum Gasteiger partial charge on any atom is 0.407 e. The first-order valence-electron chi connectivity index (χ1n) is 11.7. The minimum atomic E-state index is -3.93. The van der Waals surface area contributed by atoms with Crippen LogP contribution in [0.25, 0.3) is 0 Å². The van der Waals surface area contributed by atoms with Gasteiger partial charge >= 0.3 is 6.09 Å². The average molecular weight is 507 g/mol. The van der Waals surface area contributed by atoms with Crippen LogP contribution in [-0.2, 0) is 27.8 Å². The molecule has 0 heterocycles. The normalized spacial score (nSPS) is 14.1. The fraction of sp³-hybridized carbons (Fsp3) is 0.500. The van der Waals surface area contributed by atoms with Gasteiger partial charge in [0.1, 0.15) is 5.60 Å². The zero-order valence-electron chi connectivity index (χ0n) is 21.1. The van der Waals surface area contributed by atoms with Gasteiger partial charge in [-0.3, -0.25) is 0 Å². The summed E-state index contributed by atoms with van der Waals surface area (Å²) >= 11 is 0. The van der Waals surface area contributed by atoms with Crippen molar-refractivity contribution in [1.82, 2.24) is 9.62 Å². The SMILES string of the molecule is CC(C)CN(C[C@@H](O)[C@H](Cc1ccccc1)NC(=O)OC(C)(C)C)S(=O)(=O)c1ccc(CO)cc1. The molecule has 0 fully saturated rings. The zero-order valence-corrected chi connectivity index (χ0v) is 22.0. The van der Waals surface area contributed by atoms with Crippen molar-refractivity contribution in [2.75, 3.05) is 13.1 Å². The Hall–Kier alpha value is -2.46. The van der Waals surface area contributed by atoms with Gasteiger partial charge in [-0.05, 0) is 56.4 Å². The number of aliphatic hydroxyl groups excluding tert-OH is 2. The summed E-state index contributed by atoms with van der Waals surface area (Å²) < 4.78 is 33.5. The molecule has 35 heavy (non-hydrogen) atoms. The van der Waals surface area contributed by atoms with Gasteiger partial charge in [0.25, 0.3) is 0 Å². The molecule has 2 rings (SSSR count). The molecule has 0 aliphatic rings. The van der Waals surface area contributed by atoms with Gasteiger partial charge in [0.15, 0.2) is 0 Å². The van der Waals surface area contributed by atoms with Crippen LogP contribution in [0, 0.1) is 5.92 Å². The molecule has 9 heteroatoms. The average Bonchev–Trinajstić information content (AvgIpc) is 2.77.